The van der Waals surface area contributed by atoms with Gasteiger partial charge in [0.05, 0.1) is 25.6 Å². The molecular formula is C18H16N2O3S. The summed E-state index contributed by atoms with van der Waals surface area (Å²) in [6.45, 7) is 0. The van der Waals surface area contributed by atoms with Crippen molar-refractivity contribution in [3.63, 3.8) is 0 Å². The molecule has 0 unspecified atom stereocenters. The zero-order chi connectivity index (χ0) is 16.9. The van der Waals surface area contributed by atoms with E-state index in [-0.39, 0.29) is 24.7 Å². The first-order valence-corrected chi connectivity index (χ1v) is 8.31. The van der Waals surface area contributed by atoms with Gasteiger partial charge in [-0.2, -0.15) is 0 Å². The number of benzene rings is 2. The van der Waals surface area contributed by atoms with Crippen molar-refractivity contribution >= 4 is 39.1 Å². The Morgan fingerprint density at radius 2 is 1.92 bits per heavy atom. The van der Waals surface area contributed by atoms with E-state index in [2.05, 4.69) is 15.0 Å². The Morgan fingerprint density at radius 3 is 2.75 bits per heavy atom. The summed E-state index contributed by atoms with van der Waals surface area (Å²) < 4.78 is 4.60. The van der Waals surface area contributed by atoms with Crippen LogP contribution in [-0.2, 0) is 27.2 Å². The molecule has 0 atom stereocenters. The minimum absolute atomic E-state index is 0.103. The molecular weight excluding hydrogens is 324 g/mol. The number of carbonyl (C=O) groups is 2. The van der Waals surface area contributed by atoms with Gasteiger partial charge in [-0.25, -0.2) is 4.98 Å². The van der Waals surface area contributed by atoms with Crippen LogP contribution in [0.15, 0.2) is 47.8 Å². The number of rotatable bonds is 5. The Bertz CT molecular complexity index is 883. The molecule has 1 aromatic heterocycles. The average molecular weight is 340 g/mol. The molecule has 24 heavy (non-hydrogen) atoms. The summed E-state index contributed by atoms with van der Waals surface area (Å²) in [5, 5.41) is 7.19. The molecule has 0 aliphatic carbocycles. The molecule has 3 aromatic rings. The van der Waals surface area contributed by atoms with Crippen LogP contribution in [-0.4, -0.2) is 24.0 Å². The first-order valence-electron chi connectivity index (χ1n) is 7.43. The standard InChI is InChI=1S/C18H16N2O3S/c1-23-17(22)10-14-11-24-18(19-14)20-16(21)9-13-7-4-6-12-5-2-3-8-15(12)13/h2-8,11H,9-10H2,1H3,(H,19,20,21). The molecule has 1 amide bonds. The van der Waals surface area contributed by atoms with Crippen molar-refractivity contribution < 1.29 is 14.3 Å². The third kappa shape index (κ3) is 3.78. The number of nitrogens with zero attached hydrogens (tertiary/aromatic N) is 1. The molecule has 0 bridgehead atoms. The number of carbonyl (C=O) groups excluding carboxylic acids is 2. The van der Waals surface area contributed by atoms with Gasteiger partial charge in [0.1, 0.15) is 0 Å². The van der Waals surface area contributed by atoms with Crippen molar-refractivity contribution in [1.82, 2.24) is 4.98 Å². The fourth-order valence-corrected chi connectivity index (χ4v) is 3.18. The van der Waals surface area contributed by atoms with Gasteiger partial charge >= 0.3 is 5.97 Å². The van der Waals surface area contributed by atoms with Crippen molar-refractivity contribution in [2.75, 3.05) is 12.4 Å². The summed E-state index contributed by atoms with van der Waals surface area (Å²) in [6.07, 6.45) is 0.374. The lowest BCUT2D eigenvalue weighted by Gasteiger charge is -2.06. The second-order valence-corrected chi connectivity index (χ2v) is 6.12. The monoisotopic (exact) mass is 340 g/mol. The van der Waals surface area contributed by atoms with Crippen LogP contribution in [0.2, 0.25) is 0 Å². The van der Waals surface area contributed by atoms with Crippen LogP contribution in [0.5, 0.6) is 0 Å². The van der Waals surface area contributed by atoms with E-state index in [0.717, 1.165) is 16.3 Å². The molecule has 1 heterocycles. The fraction of sp³-hybridized carbons (Fsp3) is 0.167. The number of aromatic nitrogens is 1. The van der Waals surface area contributed by atoms with E-state index in [1.165, 1.54) is 18.4 Å². The topological polar surface area (TPSA) is 68.3 Å². The molecule has 0 radical (unpaired) electrons. The first kappa shape index (κ1) is 16.1. The normalized spacial score (nSPS) is 10.5. The quantitative estimate of drug-likeness (QED) is 0.724. The zero-order valence-corrected chi connectivity index (χ0v) is 13.9. The number of esters is 1. The smallest absolute Gasteiger partial charge is 0.311 e. The highest BCUT2D eigenvalue weighted by Gasteiger charge is 2.11. The summed E-state index contributed by atoms with van der Waals surface area (Å²) in [7, 11) is 1.33. The maximum Gasteiger partial charge on any atom is 0.311 e. The van der Waals surface area contributed by atoms with Crippen LogP contribution in [0.3, 0.4) is 0 Å². The van der Waals surface area contributed by atoms with Crippen molar-refractivity contribution in [2.24, 2.45) is 0 Å². The maximum absolute atomic E-state index is 12.3. The largest absolute Gasteiger partial charge is 0.469 e. The third-order valence-electron chi connectivity index (χ3n) is 3.58. The van der Waals surface area contributed by atoms with Crippen LogP contribution in [0.25, 0.3) is 10.8 Å². The van der Waals surface area contributed by atoms with Crippen molar-refractivity contribution in [3.8, 4) is 0 Å². The van der Waals surface area contributed by atoms with Crippen LogP contribution >= 0.6 is 11.3 Å². The highest BCUT2D eigenvalue weighted by Crippen LogP contribution is 2.20. The van der Waals surface area contributed by atoms with E-state index in [4.69, 9.17) is 0 Å². The third-order valence-corrected chi connectivity index (χ3v) is 4.39. The molecule has 122 valence electrons. The Balaban J connectivity index is 1.68. The van der Waals surface area contributed by atoms with E-state index < -0.39 is 0 Å². The molecule has 1 N–H and O–H groups in total. The number of methoxy groups -OCH3 is 1. The lowest BCUT2D eigenvalue weighted by molar-refractivity contribution is -0.139. The second kappa shape index (κ2) is 7.23. The molecule has 6 heteroatoms. The number of hydrogen-bond acceptors (Lipinski definition) is 5. The van der Waals surface area contributed by atoms with Gasteiger partial charge in [-0.1, -0.05) is 42.5 Å². The molecule has 0 saturated carbocycles. The number of nitrogens with one attached hydrogen (secondary N) is 1. The molecule has 0 aliphatic rings. The average Bonchev–Trinajstić information content (AvgIpc) is 3.01. The van der Waals surface area contributed by atoms with E-state index in [0.29, 0.717) is 10.8 Å². The molecule has 3 rings (SSSR count). The number of amides is 1. The Labute approximate surface area is 143 Å². The predicted molar refractivity (Wildman–Crippen MR) is 94.1 cm³/mol. The fourth-order valence-electron chi connectivity index (χ4n) is 2.45. The van der Waals surface area contributed by atoms with E-state index in [1.807, 2.05) is 42.5 Å². The Morgan fingerprint density at radius 1 is 1.12 bits per heavy atom. The highest BCUT2D eigenvalue weighted by molar-refractivity contribution is 7.13. The van der Waals surface area contributed by atoms with Crippen molar-refractivity contribution in [2.45, 2.75) is 12.8 Å². The molecule has 0 spiro atoms. The minimum Gasteiger partial charge on any atom is -0.469 e. The van der Waals surface area contributed by atoms with Gasteiger partial charge < -0.3 is 10.1 Å². The molecule has 2 aromatic carbocycles. The van der Waals surface area contributed by atoms with Gasteiger partial charge in [-0.05, 0) is 16.3 Å². The number of thiazole rings is 1. The van der Waals surface area contributed by atoms with Crippen LogP contribution in [0.4, 0.5) is 5.13 Å². The van der Waals surface area contributed by atoms with Gasteiger partial charge in [0, 0.05) is 5.38 Å². The first-order chi connectivity index (χ1) is 11.7. The summed E-state index contributed by atoms with van der Waals surface area (Å²) in [5.74, 6) is -0.487. The van der Waals surface area contributed by atoms with Crippen LogP contribution < -0.4 is 5.32 Å². The second-order valence-electron chi connectivity index (χ2n) is 5.26. The van der Waals surface area contributed by atoms with Gasteiger partial charge in [0.15, 0.2) is 5.13 Å². The van der Waals surface area contributed by atoms with Gasteiger partial charge in [-0.15, -0.1) is 11.3 Å². The summed E-state index contributed by atoms with van der Waals surface area (Å²) >= 11 is 1.29. The molecule has 5 nitrogen and oxygen atoms in total. The van der Waals surface area contributed by atoms with E-state index >= 15 is 0 Å². The van der Waals surface area contributed by atoms with Gasteiger partial charge in [-0.3, -0.25) is 9.59 Å². The highest BCUT2D eigenvalue weighted by atomic mass is 32.1. The number of fused-ring (bicyclic) bond motifs is 1. The predicted octanol–water partition coefficient (Wildman–Crippen LogP) is 3.19. The Hall–Kier alpha value is -2.73. The number of hydrogen-bond donors (Lipinski definition) is 1. The van der Waals surface area contributed by atoms with Gasteiger partial charge in [0.25, 0.3) is 0 Å². The molecule has 0 saturated heterocycles. The maximum atomic E-state index is 12.3. The summed E-state index contributed by atoms with van der Waals surface area (Å²) in [5.41, 5.74) is 1.56. The summed E-state index contributed by atoms with van der Waals surface area (Å²) in [6, 6.07) is 13.9. The van der Waals surface area contributed by atoms with Crippen molar-refractivity contribution in [3.05, 3.63) is 59.1 Å². The van der Waals surface area contributed by atoms with E-state index in [1.54, 1.807) is 5.38 Å². The summed E-state index contributed by atoms with van der Waals surface area (Å²) in [4.78, 5) is 27.7. The lowest BCUT2D eigenvalue weighted by atomic mass is 10.0. The van der Waals surface area contributed by atoms with Gasteiger partial charge in [0.2, 0.25) is 5.91 Å². The molecule has 0 fully saturated rings. The number of ether oxygens (including phenoxy) is 1. The lowest BCUT2D eigenvalue weighted by Crippen LogP contribution is -2.14. The molecule has 0 aliphatic heterocycles. The SMILES string of the molecule is COC(=O)Cc1csc(NC(=O)Cc2cccc3ccccc23)n1. The minimum atomic E-state index is -0.353. The van der Waals surface area contributed by atoms with Crippen LogP contribution in [0.1, 0.15) is 11.3 Å². The van der Waals surface area contributed by atoms with Crippen molar-refractivity contribution in [1.29, 1.82) is 0 Å². The zero-order valence-electron chi connectivity index (χ0n) is 13.1. The number of anilines is 1. The van der Waals surface area contributed by atoms with Crippen LogP contribution in [0, 0.1) is 0 Å². The Kier molecular flexibility index (Phi) is 4.86. The van der Waals surface area contributed by atoms with E-state index in [9.17, 15) is 9.59 Å².